The van der Waals surface area contributed by atoms with E-state index in [9.17, 15) is 8.76 Å². The summed E-state index contributed by atoms with van der Waals surface area (Å²) in [6.45, 7) is 0.431. The first-order chi connectivity index (χ1) is 5.79. The molecular weight excluding hydrogens is 176 g/mol. The molecule has 0 saturated carbocycles. The summed E-state index contributed by atoms with van der Waals surface area (Å²) in [7, 11) is 0. The first kappa shape index (κ1) is 9.31. The summed E-state index contributed by atoms with van der Waals surface area (Å²) < 4.78 is 22.4. The standard InChI is InChI=1S/C7H10N2O2S/c10-12(11)9-6-3-7-1-4-8-5-2-7/h1-2,4-5,9H,3,6H2,(H,10,11)/p-1. The smallest absolute Gasteiger partial charge is 0.0270 e. The third-order valence-electron chi connectivity index (χ3n) is 1.38. The van der Waals surface area contributed by atoms with Gasteiger partial charge in [-0.2, -0.15) is 0 Å². The molecule has 1 rings (SSSR count). The van der Waals surface area contributed by atoms with E-state index < -0.39 is 11.3 Å². The Morgan fingerprint density at radius 3 is 2.75 bits per heavy atom. The fourth-order valence-electron chi connectivity index (χ4n) is 0.828. The second kappa shape index (κ2) is 4.97. The van der Waals surface area contributed by atoms with Crippen LogP contribution in [0.4, 0.5) is 0 Å². The summed E-state index contributed by atoms with van der Waals surface area (Å²) in [6.07, 6.45) is 4.06. The molecule has 1 atom stereocenters. The Morgan fingerprint density at radius 1 is 1.50 bits per heavy atom. The quantitative estimate of drug-likeness (QED) is 0.672. The molecule has 0 spiro atoms. The Morgan fingerprint density at radius 2 is 2.17 bits per heavy atom. The Hall–Kier alpha value is -0.780. The van der Waals surface area contributed by atoms with E-state index in [1.54, 1.807) is 12.4 Å². The van der Waals surface area contributed by atoms with Crippen LogP contribution in [0, 0.1) is 0 Å². The van der Waals surface area contributed by atoms with Crippen molar-refractivity contribution in [3.8, 4) is 0 Å². The highest BCUT2D eigenvalue weighted by molar-refractivity contribution is 7.77. The predicted molar refractivity (Wildman–Crippen MR) is 44.9 cm³/mol. The highest BCUT2D eigenvalue weighted by atomic mass is 32.2. The molecule has 0 aliphatic carbocycles. The van der Waals surface area contributed by atoms with Crippen molar-refractivity contribution in [3.63, 3.8) is 0 Å². The van der Waals surface area contributed by atoms with Gasteiger partial charge in [0.2, 0.25) is 0 Å². The molecule has 0 saturated heterocycles. The third-order valence-corrected chi connectivity index (χ3v) is 1.82. The van der Waals surface area contributed by atoms with Crippen molar-refractivity contribution in [2.24, 2.45) is 0 Å². The molecule has 1 N–H and O–H groups in total. The Balaban J connectivity index is 2.29. The van der Waals surface area contributed by atoms with Gasteiger partial charge < -0.3 is 4.55 Å². The van der Waals surface area contributed by atoms with Crippen LogP contribution < -0.4 is 4.72 Å². The van der Waals surface area contributed by atoms with Crippen LogP contribution in [0.1, 0.15) is 5.56 Å². The van der Waals surface area contributed by atoms with Gasteiger partial charge in [0.25, 0.3) is 0 Å². The molecule has 0 aliphatic heterocycles. The lowest BCUT2D eigenvalue weighted by atomic mass is 10.2. The van der Waals surface area contributed by atoms with E-state index in [4.69, 9.17) is 0 Å². The molecule has 0 bridgehead atoms. The molecular formula is C7H9N2O2S-. The van der Waals surface area contributed by atoms with Crippen molar-refractivity contribution in [1.29, 1.82) is 0 Å². The molecule has 1 unspecified atom stereocenters. The molecule has 1 heterocycles. The molecule has 0 amide bonds. The zero-order valence-corrected chi connectivity index (χ0v) is 7.21. The van der Waals surface area contributed by atoms with E-state index in [1.807, 2.05) is 12.1 Å². The number of aromatic nitrogens is 1. The Labute approximate surface area is 73.4 Å². The van der Waals surface area contributed by atoms with Gasteiger partial charge in [0, 0.05) is 30.2 Å². The van der Waals surface area contributed by atoms with Crippen LogP contribution in [-0.4, -0.2) is 20.3 Å². The van der Waals surface area contributed by atoms with Gasteiger partial charge in [-0.25, -0.2) is 4.72 Å². The average molecular weight is 185 g/mol. The van der Waals surface area contributed by atoms with Crippen molar-refractivity contribution in [2.75, 3.05) is 6.54 Å². The van der Waals surface area contributed by atoms with Crippen LogP contribution in [0.15, 0.2) is 24.5 Å². The second-order valence-electron chi connectivity index (χ2n) is 2.23. The zero-order valence-electron chi connectivity index (χ0n) is 6.40. The van der Waals surface area contributed by atoms with E-state index in [-0.39, 0.29) is 0 Å². The van der Waals surface area contributed by atoms with E-state index in [1.165, 1.54) is 0 Å². The fourth-order valence-corrected chi connectivity index (χ4v) is 1.10. The van der Waals surface area contributed by atoms with E-state index in [2.05, 4.69) is 9.71 Å². The lowest BCUT2D eigenvalue weighted by Gasteiger charge is -2.05. The van der Waals surface area contributed by atoms with E-state index >= 15 is 0 Å². The molecule has 5 heteroatoms. The van der Waals surface area contributed by atoms with Crippen molar-refractivity contribution in [1.82, 2.24) is 9.71 Å². The van der Waals surface area contributed by atoms with Crippen LogP contribution in [0.5, 0.6) is 0 Å². The summed E-state index contributed by atoms with van der Waals surface area (Å²) >= 11 is -2.15. The largest absolute Gasteiger partial charge is 0.760 e. The van der Waals surface area contributed by atoms with Gasteiger partial charge in [-0.1, -0.05) is 0 Å². The van der Waals surface area contributed by atoms with Gasteiger partial charge in [-0.15, -0.1) is 0 Å². The van der Waals surface area contributed by atoms with Gasteiger partial charge in [0.05, 0.1) is 0 Å². The number of hydrogen-bond acceptors (Lipinski definition) is 3. The number of rotatable bonds is 4. The van der Waals surface area contributed by atoms with Crippen molar-refractivity contribution < 1.29 is 8.76 Å². The molecule has 0 radical (unpaired) electrons. The minimum absolute atomic E-state index is 0.431. The van der Waals surface area contributed by atoms with Gasteiger partial charge in [-0.3, -0.25) is 9.19 Å². The lowest BCUT2D eigenvalue weighted by Crippen LogP contribution is -2.19. The molecule has 4 nitrogen and oxygen atoms in total. The van der Waals surface area contributed by atoms with Gasteiger partial charge >= 0.3 is 0 Å². The van der Waals surface area contributed by atoms with Crippen LogP contribution >= 0.6 is 0 Å². The zero-order chi connectivity index (χ0) is 8.81. The SMILES string of the molecule is O=S([O-])NCCc1ccncc1. The number of nitrogens with one attached hydrogen (secondary N) is 1. The van der Waals surface area contributed by atoms with Gasteiger partial charge in [0.15, 0.2) is 0 Å². The highest BCUT2D eigenvalue weighted by Gasteiger charge is 1.90. The summed E-state index contributed by atoms with van der Waals surface area (Å²) in [4.78, 5) is 3.85. The summed E-state index contributed by atoms with van der Waals surface area (Å²) in [6, 6.07) is 3.71. The second-order valence-corrected chi connectivity index (χ2v) is 2.99. The van der Waals surface area contributed by atoms with E-state index in [0.29, 0.717) is 13.0 Å². The molecule has 1 aromatic heterocycles. The van der Waals surface area contributed by atoms with E-state index in [0.717, 1.165) is 5.56 Å². The molecule has 1 aromatic rings. The monoisotopic (exact) mass is 185 g/mol. The lowest BCUT2D eigenvalue weighted by molar-refractivity contribution is 0.523. The Bertz CT molecular complexity index is 253. The third kappa shape index (κ3) is 3.56. The van der Waals surface area contributed by atoms with Crippen LogP contribution in [0.25, 0.3) is 0 Å². The molecule has 0 aliphatic rings. The minimum atomic E-state index is -2.15. The number of pyridine rings is 1. The molecule has 66 valence electrons. The first-order valence-electron chi connectivity index (χ1n) is 3.50. The van der Waals surface area contributed by atoms with Crippen molar-refractivity contribution in [3.05, 3.63) is 30.1 Å². The van der Waals surface area contributed by atoms with Crippen LogP contribution in [0.2, 0.25) is 0 Å². The predicted octanol–water partition coefficient (Wildman–Crippen LogP) is 0.00780. The molecule has 12 heavy (non-hydrogen) atoms. The van der Waals surface area contributed by atoms with Crippen LogP contribution in [-0.2, 0) is 17.7 Å². The summed E-state index contributed by atoms with van der Waals surface area (Å²) in [5, 5.41) is 0. The van der Waals surface area contributed by atoms with Gasteiger partial charge in [-0.05, 0) is 24.1 Å². The molecule has 0 fully saturated rings. The number of hydrogen-bond donors (Lipinski definition) is 1. The normalized spacial score (nSPS) is 12.8. The van der Waals surface area contributed by atoms with Crippen LogP contribution in [0.3, 0.4) is 0 Å². The number of nitrogens with zero attached hydrogens (tertiary/aromatic N) is 1. The average Bonchev–Trinajstić information content (AvgIpc) is 2.05. The topological polar surface area (TPSA) is 65.0 Å². The Kier molecular flexibility index (Phi) is 3.86. The molecule has 0 aromatic carbocycles. The fraction of sp³-hybridized carbons (Fsp3) is 0.286. The maximum atomic E-state index is 10.1. The summed E-state index contributed by atoms with van der Waals surface area (Å²) in [5.74, 6) is 0. The van der Waals surface area contributed by atoms with Crippen molar-refractivity contribution in [2.45, 2.75) is 6.42 Å². The maximum absolute atomic E-state index is 10.1. The minimum Gasteiger partial charge on any atom is -0.760 e. The van der Waals surface area contributed by atoms with Gasteiger partial charge in [0.1, 0.15) is 0 Å². The maximum Gasteiger partial charge on any atom is 0.0270 e. The van der Waals surface area contributed by atoms with Crippen molar-refractivity contribution >= 4 is 11.3 Å². The first-order valence-corrected chi connectivity index (χ1v) is 4.58. The highest BCUT2D eigenvalue weighted by Crippen LogP contribution is 1.95. The summed E-state index contributed by atoms with van der Waals surface area (Å²) in [5.41, 5.74) is 1.07.